The zero-order valence-electron chi connectivity index (χ0n) is 13.9. The van der Waals surface area contributed by atoms with Crippen LogP contribution in [-0.4, -0.2) is 25.4 Å². The number of carbonyl (C=O) groups is 1. The quantitative estimate of drug-likeness (QED) is 0.545. The SMILES string of the molecule is O=C(/C=C/c1ccccc1OC(F)(F)F)NCCCNc1ccccc1. The van der Waals surface area contributed by atoms with Crippen LogP contribution in [0.5, 0.6) is 5.75 Å². The van der Waals surface area contributed by atoms with Crippen molar-refractivity contribution in [1.29, 1.82) is 0 Å². The third-order valence-corrected chi connectivity index (χ3v) is 3.31. The number of hydrogen-bond donors (Lipinski definition) is 2. The molecule has 2 aromatic rings. The van der Waals surface area contributed by atoms with Crippen molar-refractivity contribution in [3.63, 3.8) is 0 Å². The highest BCUT2D eigenvalue weighted by molar-refractivity contribution is 5.92. The van der Waals surface area contributed by atoms with Gasteiger partial charge >= 0.3 is 6.36 Å². The lowest BCUT2D eigenvalue weighted by Crippen LogP contribution is -2.23. The number of nitrogens with one attached hydrogen (secondary N) is 2. The van der Waals surface area contributed by atoms with Gasteiger partial charge in [0.2, 0.25) is 5.91 Å². The second kappa shape index (κ2) is 9.50. The molecule has 0 saturated heterocycles. The normalized spacial score (nSPS) is 11.3. The lowest BCUT2D eigenvalue weighted by Gasteiger charge is -2.11. The molecule has 2 N–H and O–H groups in total. The number of para-hydroxylation sites is 2. The van der Waals surface area contributed by atoms with Gasteiger partial charge in [0.15, 0.2) is 0 Å². The molecule has 0 bridgehead atoms. The van der Waals surface area contributed by atoms with Crippen LogP contribution < -0.4 is 15.4 Å². The van der Waals surface area contributed by atoms with Gasteiger partial charge in [-0.15, -0.1) is 13.2 Å². The molecule has 138 valence electrons. The van der Waals surface area contributed by atoms with Gasteiger partial charge in [0, 0.05) is 30.4 Å². The zero-order chi connectivity index (χ0) is 18.8. The van der Waals surface area contributed by atoms with E-state index in [9.17, 15) is 18.0 Å². The number of anilines is 1. The van der Waals surface area contributed by atoms with Crippen molar-refractivity contribution in [1.82, 2.24) is 5.32 Å². The van der Waals surface area contributed by atoms with Gasteiger partial charge in [0.25, 0.3) is 0 Å². The molecule has 0 spiro atoms. The highest BCUT2D eigenvalue weighted by Gasteiger charge is 2.31. The Balaban J connectivity index is 1.75. The minimum Gasteiger partial charge on any atom is -0.405 e. The van der Waals surface area contributed by atoms with Gasteiger partial charge in [-0.05, 0) is 30.7 Å². The van der Waals surface area contributed by atoms with Crippen molar-refractivity contribution >= 4 is 17.7 Å². The number of ether oxygens (including phenoxy) is 1. The molecule has 0 aliphatic carbocycles. The average Bonchev–Trinajstić information content (AvgIpc) is 2.60. The van der Waals surface area contributed by atoms with Crippen molar-refractivity contribution in [2.75, 3.05) is 18.4 Å². The maximum absolute atomic E-state index is 12.4. The van der Waals surface area contributed by atoms with Crippen LogP contribution in [0.2, 0.25) is 0 Å². The van der Waals surface area contributed by atoms with Crippen LogP contribution in [0.1, 0.15) is 12.0 Å². The highest BCUT2D eigenvalue weighted by atomic mass is 19.4. The smallest absolute Gasteiger partial charge is 0.405 e. The van der Waals surface area contributed by atoms with Gasteiger partial charge in [-0.2, -0.15) is 0 Å². The standard InChI is InChI=1S/C19H19F3N2O2/c20-19(21,22)26-17-10-5-4-7-15(17)11-12-18(25)24-14-6-13-23-16-8-2-1-3-9-16/h1-5,7-12,23H,6,13-14H2,(H,24,25)/b12-11+. The lowest BCUT2D eigenvalue weighted by atomic mass is 10.2. The number of benzene rings is 2. The predicted octanol–water partition coefficient (Wildman–Crippen LogP) is 4.22. The molecule has 0 saturated carbocycles. The Kier molecular flexibility index (Phi) is 7.08. The summed E-state index contributed by atoms with van der Waals surface area (Å²) in [5, 5.41) is 5.89. The molecule has 26 heavy (non-hydrogen) atoms. The monoisotopic (exact) mass is 364 g/mol. The molecule has 7 heteroatoms. The molecule has 4 nitrogen and oxygen atoms in total. The Labute approximate surface area is 149 Å². The van der Waals surface area contributed by atoms with Gasteiger partial charge in [0.05, 0.1) is 0 Å². The number of rotatable bonds is 8. The topological polar surface area (TPSA) is 50.4 Å². The molecule has 0 aromatic heterocycles. The molecule has 0 aliphatic heterocycles. The van der Waals surface area contributed by atoms with Gasteiger partial charge in [-0.3, -0.25) is 4.79 Å². The van der Waals surface area contributed by atoms with E-state index in [0.29, 0.717) is 19.5 Å². The summed E-state index contributed by atoms with van der Waals surface area (Å²) in [6, 6.07) is 15.3. The molecule has 0 atom stereocenters. The molecule has 2 aromatic carbocycles. The minimum atomic E-state index is -4.78. The van der Waals surface area contributed by atoms with Crippen LogP contribution in [0.25, 0.3) is 6.08 Å². The minimum absolute atomic E-state index is 0.172. The maximum atomic E-state index is 12.4. The second-order valence-corrected chi connectivity index (χ2v) is 5.36. The van der Waals surface area contributed by atoms with E-state index in [0.717, 1.165) is 5.69 Å². The number of carbonyl (C=O) groups excluding carboxylic acids is 1. The number of amides is 1. The fourth-order valence-electron chi connectivity index (χ4n) is 2.15. The van der Waals surface area contributed by atoms with E-state index >= 15 is 0 Å². The van der Waals surface area contributed by atoms with Crippen molar-refractivity contribution in [2.45, 2.75) is 12.8 Å². The number of alkyl halides is 3. The van der Waals surface area contributed by atoms with E-state index < -0.39 is 6.36 Å². The van der Waals surface area contributed by atoms with E-state index in [1.165, 1.54) is 30.4 Å². The summed E-state index contributed by atoms with van der Waals surface area (Å²) in [6.07, 6.45) is -1.60. The third kappa shape index (κ3) is 7.29. The van der Waals surface area contributed by atoms with Gasteiger partial charge < -0.3 is 15.4 Å². The predicted molar refractivity (Wildman–Crippen MR) is 94.7 cm³/mol. The van der Waals surface area contributed by atoms with Crippen molar-refractivity contribution in [3.8, 4) is 5.75 Å². The van der Waals surface area contributed by atoms with Crippen molar-refractivity contribution in [3.05, 3.63) is 66.2 Å². The fraction of sp³-hybridized carbons (Fsp3) is 0.211. The van der Waals surface area contributed by atoms with Crippen LogP contribution >= 0.6 is 0 Å². The molecule has 2 rings (SSSR count). The van der Waals surface area contributed by atoms with Crippen LogP contribution in [-0.2, 0) is 4.79 Å². The van der Waals surface area contributed by atoms with Crippen LogP contribution in [0.15, 0.2) is 60.7 Å². The Morgan fingerprint density at radius 3 is 2.42 bits per heavy atom. The number of halogens is 3. The van der Waals surface area contributed by atoms with Crippen LogP contribution in [0.3, 0.4) is 0 Å². The van der Waals surface area contributed by atoms with Crippen molar-refractivity contribution in [2.24, 2.45) is 0 Å². The fourth-order valence-corrected chi connectivity index (χ4v) is 2.15. The molecule has 0 radical (unpaired) electrons. The second-order valence-electron chi connectivity index (χ2n) is 5.36. The van der Waals surface area contributed by atoms with Crippen molar-refractivity contribution < 1.29 is 22.7 Å². The summed E-state index contributed by atoms with van der Waals surface area (Å²) in [6.45, 7) is 1.14. The maximum Gasteiger partial charge on any atom is 0.573 e. The Morgan fingerprint density at radius 2 is 1.69 bits per heavy atom. The average molecular weight is 364 g/mol. The molecular weight excluding hydrogens is 345 g/mol. The largest absolute Gasteiger partial charge is 0.573 e. The molecule has 0 heterocycles. The molecule has 0 aliphatic rings. The van der Waals surface area contributed by atoms with E-state index in [4.69, 9.17) is 0 Å². The Hall–Kier alpha value is -2.96. The van der Waals surface area contributed by atoms with Crippen LogP contribution in [0, 0.1) is 0 Å². The zero-order valence-corrected chi connectivity index (χ0v) is 13.9. The van der Waals surface area contributed by atoms with Crippen LogP contribution in [0.4, 0.5) is 18.9 Å². The van der Waals surface area contributed by atoms with E-state index in [-0.39, 0.29) is 17.2 Å². The number of hydrogen-bond acceptors (Lipinski definition) is 3. The molecule has 1 amide bonds. The third-order valence-electron chi connectivity index (χ3n) is 3.31. The van der Waals surface area contributed by atoms with Gasteiger partial charge in [0.1, 0.15) is 5.75 Å². The first kappa shape index (κ1) is 19.4. The summed E-state index contributed by atoms with van der Waals surface area (Å²) in [4.78, 5) is 11.8. The first-order chi connectivity index (χ1) is 12.4. The van der Waals surface area contributed by atoms with E-state index in [2.05, 4.69) is 15.4 Å². The molecule has 0 fully saturated rings. The summed E-state index contributed by atoms with van der Waals surface area (Å²) >= 11 is 0. The van der Waals surface area contributed by atoms with E-state index in [1.807, 2.05) is 30.3 Å². The summed E-state index contributed by atoms with van der Waals surface area (Å²) < 4.78 is 41.0. The molecular formula is C19H19F3N2O2. The Morgan fingerprint density at radius 1 is 1.00 bits per heavy atom. The lowest BCUT2D eigenvalue weighted by molar-refractivity contribution is -0.274. The summed E-state index contributed by atoms with van der Waals surface area (Å²) in [7, 11) is 0. The summed E-state index contributed by atoms with van der Waals surface area (Å²) in [5.74, 6) is -0.734. The Bertz CT molecular complexity index is 731. The summed E-state index contributed by atoms with van der Waals surface area (Å²) in [5.41, 5.74) is 1.17. The van der Waals surface area contributed by atoms with E-state index in [1.54, 1.807) is 6.07 Å². The first-order valence-electron chi connectivity index (χ1n) is 8.04. The molecule has 0 unspecified atom stereocenters. The van der Waals surface area contributed by atoms with Gasteiger partial charge in [-0.1, -0.05) is 36.4 Å². The first-order valence-corrected chi connectivity index (χ1v) is 8.04. The van der Waals surface area contributed by atoms with Gasteiger partial charge in [-0.25, -0.2) is 0 Å². The highest BCUT2D eigenvalue weighted by Crippen LogP contribution is 2.26.